The molecule has 0 unspecified atom stereocenters. The van der Waals surface area contributed by atoms with Gasteiger partial charge in [0.05, 0.1) is 5.69 Å². The monoisotopic (exact) mass is 176 g/mol. The van der Waals surface area contributed by atoms with Crippen molar-refractivity contribution >= 4 is 16.7 Å². The summed E-state index contributed by atoms with van der Waals surface area (Å²) in [6.07, 6.45) is 0. The Kier molecular flexibility index (Phi) is 1.72. The summed E-state index contributed by atoms with van der Waals surface area (Å²) in [7, 11) is 1.90. The molecular weight excluding hydrogens is 164 g/mol. The Morgan fingerprint density at radius 3 is 2.77 bits per heavy atom. The first-order valence-corrected chi connectivity index (χ1v) is 4.27. The second kappa shape index (κ2) is 2.76. The van der Waals surface area contributed by atoms with Crippen molar-refractivity contribution < 1.29 is 4.52 Å². The van der Waals surface area contributed by atoms with Gasteiger partial charge in [0.15, 0.2) is 5.58 Å². The van der Waals surface area contributed by atoms with E-state index in [-0.39, 0.29) is 0 Å². The Labute approximate surface area is 76.7 Å². The summed E-state index contributed by atoms with van der Waals surface area (Å²) in [5, 5.41) is 8.13. The highest BCUT2D eigenvalue weighted by Gasteiger charge is 2.08. The fraction of sp³-hybridized carbons (Fsp3) is 0.300. The SMILES string of the molecule is CNc1ccc2c(C)noc2c1C. The van der Waals surface area contributed by atoms with Gasteiger partial charge in [0, 0.05) is 23.7 Å². The van der Waals surface area contributed by atoms with Gasteiger partial charge >= 0.3 is 0 Å². The average Bonchev–Trinajstić information content (AvgIpc) is 2.50. The number of nitrogens with one attached hydrogen (secondary N) is 1. The van der Waals surface area contributed by atoms with E-state index in [1.807, 2.05) is 33.0 Å². The Morgan fingerprint density at radius 2 is 2.08 bits per heavy atom. The molecule has 0 atom stereocenters. The van der Waals surface area contributed by atoms with Crippen molar-refractivity contribution in [3.05, 3.63) is 23.4 Å². The van der Waals surface area contributed by atoms with E-state index >= 15 is 0 Å². The molecular formula is C10H12N2O. The Bertz CT molecular complexity index is 445. The molecule has 13 heavy (non-hydrogen) atoms. The first-order chi connectivity index (χ1) is 6.24. The van der Waals surface area contributed by atoms with Crippen LogP contribution in [0.15, 0.2) is 16.7 Å². The van der Waals surface area contributed by atoms with Gasteiger partial charge in [0.25, 0.3) is 0 Å². The predicted octanol–water partition coefficient (Wildman–Crippen LogP) is 2.49. The fourth-order valence-electron chi connectivity index (χ4n) is 1.53. The van der Waals surface area contributed by atoms with Gasteiger partial charge in [-0.3, -0.25) is 0 Å². The molecule has 2 rings (SSSR count). The summed E-state index contributed by atoms with van der Waals surface area (Å²) in [5.41, 5.74) is 4.02. The summed E-state index contributed by atoms with van der Waals surface area (Å²) in [4.78, 5) is 0. The van der Waals surface area contributed by atoms with Crippen molar-refractivity contribution in [1.29, 1.82) is 0 Å². The topological polar surface area (TPSA) is 38.1 Å². The van der Waals surface area contributed by atoms with Crippen molar-refractivity contribution in [2.75, 3.05) is 12.4 Å². The molecule has 1 heterocycles. The lowest BCUT2D eigenvalue weighted by Crippen LogP contribution is -1.90. The number of hydrogen-bond acceptors (Lipinski definition) is 3. The summed E-state index contributed by atoms with van der Waals surface area (Å²) in [6.45, 7) is 3.98. The van der Waals surface area contributed by atoms with Gasteiger partial charge in [0.2, 0.25) is 0 Å². The number of hydrogen-bond donors (Lipinski definition) is 1. The summed E-state index contributed by atoms with van der Waals surface area (Å²) in [6, 6.07) is 4.07. The number of benzene rings is 1. The zero-order valence-electron chi connectivity index (χ0n) is 8.01. The lowest BCUT2D eigenvalue weighted by Gasteiger charge is -2.03. The number of aryl methyl sites for hydroxylation is 2. The van der Waals surface area contributed by atoms with Crippen molar-refractivity contribution in [1.82, 2.24) is 5.16 Å². The average molecular weight is 176 g/mol. The van der Waals surface area contributed by atoms with Crippen LogP contribution in [-0.2, 0) is 0 Å². The van der Waals surface area contributed by atoms with Crippen molar-refractivity contribution in [2.24, 2.45) is 0 Å². The third kappa shape index (κ3) is 1.08. The van der Waals surface area contributed by atoms with Crippen LogP contribution in [0.3, 0.4) is 0 Å². The predicted molar refractivity (Wildman–Crippen MR) is 53.0 cm³/mol. The van der Waals surface area contributed by atoms with E-state index < -0.39 is 0 Å². The van der Waals surface area contributed by atoms with Crippen molar-refractivity contribution in [3.63, 3.8) is 0 Å². The molecule has 0 saturated heterocycles. The highest BCUT2D eigenvalue weighted by molar-refractivity contribution is 5.86. The van der Waals surface area contributed by atoms with Gasteiger partial charge in [-0.25, -0.2) is 0 Å². The third-order valence-corrected chi connectivity index (χ3v) is 2.34. The molecule has 0 amide bonds. The van der Waals surface area contributed by atoms with Crippen LogP contribution in [-0.4, -0.2) is 12.2 Å². The van der Waals surface area contributed by atoms with E-state index in [9.17, 15) is 0 Å². The van der Waals surface area contributed by atoms with Crippen molar-refractivity contribution in [2.45, 2.75) is 13.8 Å². The van der Waals surface area contributed by atoms with Crippen LogP contribution in [0.2, 0.25) is 0 Å². The normalized spacial score (nSPS) is 10.7. The molecule has 0 radical (unpaired) electrons. The molecule has 0 bridgehead atoms. The molecule has 1 N–H and O–H groups in total. The molecule has 0 spiro atoms. The van der Waals surface area contributed by atoms with Gasteiger partial charge in [0.1, 0.15) is 0 Å². The highest BCUT2D eigenvalue weighted by atomic mass is 16.5. The molecule has 1 aromatic carbocycles. The van der Waals surface area contributed by atoms with Gasteiger partial charge in [-0.05, 0) is 26.0 Å². The summed E-state index contributed by atoms with van der Waals surface area (Å²) in [5.74, 6) is 0. The lowest BCUT2D eigenvalue weighted by atomic mass is 10.1. The van der Waals surface area contributed by atoms with Crippen LogP contribution >= 0.6 is 0 Å². The quantitative estimate of drug-likeness (QED) is 0.725. The van der Waals surface area contributed by atoms with Crippen molar-refractivity contribution in [3.8, 4) is 0 Å². The minimum absolute atomic E-state index is 0.879. The van der Waals surface area contributed by atoms with Gasteiger partial charge in [-0.15, -0.1) is 0 Å². The second-order valence-corrected chi connectivity index (χ2v) is 3.13. The van der Waals surface area contributed by atoms with E-state index in [1.54, 1.807) is 0 Å². The number of nitrogens with zero attached hydrogens (tertiary/aromatic N) is 1. The molecule has 2 aromatic rings. The zero-order valence-corrected chi connectivity index (χ0v) is 8.01. The van der Waals surface area contributed by atoms with Gasteiger partial charge < -0.3 is 9.84 Å². The number of aromatic nitrogens is 1. The van der Waals surface area contributed by atoms with E-state index in [0.717, 1.165) is 27.9 Å². The van der Waals surface area contributed by atoms with E-state index in [0.29, 0.717) is 0 Å². The first kappa shape index (κ1) is 8.10. The first-order valence-electron chi connectivity index (χ1n) is 4.27. The molecule has 0 aliphatic carbocycles. The number of rotatable bonds is 1. The minimum atomic E-state index is 0.879. The summed E-state index contributed by atoms with van der Waals surface area (Å²) >= 11 is 0. The van der Waals surface area contributed by atoms with Gasteiger partial charge in [-0.1, -0.05) is 5.16 Å². The zero-order chi connectivity index (χ0) is 9.42. The Morgan fingerprint density at radius 1 is 1.31 bits per heavy atom. The number of anilines is 1. The molecule has 0 fully saturated rings. The molecule has 0 aliphatic heterocycles. The lowest BCUT2D eigenvalue weighted by molar-refractivity contribution is 0.449. The molecule has 0 aliphatic rings. The smallest absolute Gasteiger partial charge is 0.172 e. The third-order valence-electron chi connectivity index (χ3n) is 2.34. The van der Waals surface area contributed by atoms with Crippen LogP contribution < -0.4 is 5.32 Å². The van der Waals surface area contributed by atoms with Crippen LogP contribution in [0.1, 0.15) is 11.3 Å². The van der Waals surface area contributed by atoms with Crippen LogP contribution in [0.5, 0.6) is 0 Å². The highest BCUT2D eigenvalue weighted by Crippen LogP contribution is 2.26. The standard InChI is InChI=1S/C10H12N2O/c1-6-9(11-3)5-4-8-7(2)12-13-10(6)8/h4-5,11H,1-3H3. The van der Waals surface area contributed by atoms with E-state index in [4.69, 9.17) is 4.52 Å². The van der Waals surface area contributed by atoms with E-state index in [1.165, 1.54) is 0 Å². The fourth-order valence-corrected chi connectivity index (χ4v) is 1.53. The molecule has 0 saturated carbocycles. The molecule has 1 aromatic heterocycles. The maximum absolute atomic E-state index is 5.23. The molecule has 3 nitrogen and oxygen atoms in total. The summed E-state index contributed by atoms with van der Waals surface area (Å²) < 4.78 is 5.23. The second-order valence-electron chi connectivity index (χ2n) is 3.13. The Balaban J connectivity index is 2.80. The van der Waals surface area contributed by atoms with Crippen LogP contribution in [0, 0.1) is 13.8 Å². The van der Waals surface area contributed by atoms with Gasteiger partial charge in [-0.2, -0.15) is 0 Å². The number of fused-ring (bicyclic) bond motifs is 1. The van der Waals surface area contributed by atoms with Crippen LogP contribution in [0.4, 0.5) is 5.69 Å². The van der Waals surface area contributed by atoms with E-state index in [2.05, 4.69) is 10.5 Å². The minimum Gasteiger partial charge on any atom is -0.388 e. The maximum Gasteiger partial charge on any atom is 0.172 e. The maximum atomic E-state index is 5.23. The van der Waals surface area contributed by atoms with Crippen LogP contribution in [0.25, 0.3) is 11.0 Å². The molecule has 68 valence electrons. The Hall–Kier alpha value is -1.51. The molecule has 3 heteroatoms. The largest absolute Gasteiger partial charge is 0.388 e.